The Hall–Kier alpha value is -1.59. The van der Waals surface area contributed by atoms with Crippen molar-refractivity contribution in [2.45, 2.75) is 12.8 Å². The van der Waals surface area contributed by atoms with E-state index in [9.17, 15) is 14.4 Å². The predicted octanol–water partition coefficient (Wildman–Crippen LogP) is -0.251. The molecule has 1 heterocycles. The number of hydrogen-bond acceptors (Lipinski definition) is 3. The van der Waals surface area contributed by atoms with Gasteiger partial charge in [0.1, 0.15) is 6.54 Å². The number of nitrogens with zero attached hydrogens (tertiary/aromatic N) is 3. The van der Waals surface area contributed by atoms with Gasteiger partial charge in [-0.2, -0.15) is 0 Å². The van der Waals surface area contributed by atoms with Crippen molar-refractivity contribution in [2.75, 3.05) is 34.2 Å². The minimum atomic E-state index is -0.276. The van der Waals surface area contributed by atoms with E-state index >= 15 is 0 Å². The van der Waals surface area contributed by atoms with E-state index in [1.54, 1.807) is 21.1 Å². The van der Waals surface area contributed by atoms with Crippen LogP contribution in [0.3, 0.4) is 0 Å². The van der Waals surface area contributed by atoms with Crippen LogP contribution in [-0.4, -0.2) is 66.8 Å². The summed E-state index contributed by atoms with van der Waals surface area (Å²) in [5, 5.41) is 0. The molecule has 16 heavy (non-hydrogen) atoms. The number of urea groups is 1. The van der Waals surface area contributed by atoms with Crippen molar-refractivity contribution in [2.24, 2.45) is 0 Å². The molecule has 0 saturated carbocycles. The van der Waals surface area contributed by atoms with Crippen LogP contribution < -0.4 is 0 Å². The maximum atomic E-state index is 11.5. The fourth-order valence-corrected chi connectivity index (χ4v) is 1.50. The lowest BCUT2D eigenvalue weighted by Gasteiger charge is -2.14. The summed E-state index contributed by atoms with van der Waals surface area (Å²) < 4.78 is 0. The Morgan fingerprint density at radius 3 is 2.44 bits per heavy atom. The highest BCUT2D eigenvalue weighted by Gasteiger charge is 2.32. The van der Waals surface area contributed by atoms with Crippen LogP contribution in [0, 0.1) is 0 Å². The molecule has 0 atom stereocenters. The number of carbonyl (C=O) groups is 3. The molecule has 1 fully saturated rings. The molecule has 0 bridgehead atoms. The Morgan fingerprint density at radius 1 is 1.38 bits per heavy atom. The summed E-state index contributed by atoms with van der Waals surface area (Å²) in [6, 6.07) is -0.276. The van der Waals surface area contributed by atoms with Crippen LogP contribution in [0.5, 0.6) is 0 Å². The molecule has 1 saturated heterocycles. The van der Waals surface area contributed by atoms with Crippen molar-refractivity contribution in [3.05, 3.63) is 0 Å². The first-order valence-corrected chi connectivity index (χ1v) is 5.19. The molecule has 90 valence electrons. The van der Waals surface area contributed by atoms with E-state index in [0.717, 1.165) is 0 Å². The lowest BCUT2D eigenvalue weighted by molar-refractivity contribution is -0.129. The monoisotopic (exact) mass is 227 g/mol. The van der Waals surface area contributed by atoms with Crippen LogP contribution in [0.25, 0.3) is 0 Å². The van der Waals surface area contributed by atoms with Gasteiger partial charge in [-0.15, -0.1) is 0 Å². The molecule has 0 aromatic rings. The van der Waals surface area contributed by atoms with Gasteiger partial charge in [0.05, 0.1) is 0 Å². The number of likely N-dealkylation sites (N-methyl/N-ethyl adjacent to an activating group) is 1. The lowest BCUT2D eigenvalue weighted by atomic mass is 10.2. The van der Waals surface area contributed by atoms with Gasteiger partial charge < -0.3 is 9.80 Å². The summed E-state index contributed by atoms with van der Waals surface area (Å²) >= 11 is 0. The molecule has 0 radical (unpaired) electrons. The van der Waals surface area contributed by atoms with E-state index in [1.807, 2.05) is 0 Å². The number of hydrogen-bond donors (Lipinski definition) is 0. The highest BCUT2D eigenvalue weighted by Crippen LogP contribution is 2.09. The standard InChI is InChI=1S/C10H17N3O3/c1-11(2)8(14)5-4-6-13-9(15)7-12(3)10(13)16/h4-7H2,1-3H3. The molecule has 0 aliphatic carbocycles. The van der Waals surface area contributed by atoms with Gasteiger partial charge in [0.15, 0.2) is 0 Å². The van der Waals surface area contributed by atoms with E-state index in [1.165, 1.54) is 14.7 Å². The first-order valence-electron chi connectivity index (χ1n) is 5.19. The van der Waals surface area contributed by atoms with Gasteiger partial charge in [0.25, 0.3) is 0 Å². The second kappa shape index (κ2) is 4.96. The normalized spacial score (nSPS) is 15.9. The predicted molar refractivity (Wildman–Crippen MR) is 57.7 cm³/mol. The Kier molecular flexibility index (Phi) is 3.87. The number of carbonyl (C=O) groups excluding carboxylic acids is 3. The maximum absolute atomic E-state index is 11.5. The summed E-state index contributed by atoms with van der Waals surface area (Å²) in [4.78, 5) is 38.2. The quantitative estimate of drug-likeness (QED) is 0.622. The van der Waals surface area contributed by atoms with Crippen molar-refractivity contribution >= 4 is 17.8 Å². The van der Waals surface area contributed by atoms with E-state index < -0.39 is 0 Å². The summed E-state index contributed by atoms with van der Waals surface area (Å²) in [5.41, 5.74) is 0. The zero-order chi connectivity index (χ0) is 12.3. The van der Waals surface area contributed by atoms with Gasteiger partial charge in [-0.3, -0.25) is 14.5 Å². The summed E-state index contributed by atoms with van der Waals surface area (Å²) in [5.74, 6) is -0.183. The molecular formula is C10H17N3O3. The first-order chi connectivity index (χ1) is 7.43. The van der Waals surface area contributed by atoms with Gasteiger partial charge in [-0.1, -0.05) is 0 Å². The average molecular weight is 227 g/mol. The molecule has 6 nitrogen and oxygen atoms in total. The molecule has 1 aliphatic rings. The molecule has 0 aromatic carbocycles. The molecule has 0 N–H and O–H groups in total. The number of amides is 4. The van der Waals surface area contributed by atoms with Crippen LogP contribution in [-0.2, 0) is 9.59 Å². The highest BCUT2D eigenvalue weighted by molar-refractivity contribution is 6.01. The lowest BCUT2D eigenvalue weighted by Crippen LogP contribution is -2.33. The van der Waals surface area contributed by atoms with Crippen molar-refractivity contribution in [3.8, 4) is 0 Å². The van der Waals surface area contributed by atoms with E-state index in [-0.39, 0.29) is 24.4 Å². The largest absolute Gasteiger partial charge is 0.349 e. The molecule has 4 amide bonds. The van der Waals surface area contributed by atoms with Crippen molar-refractivity contribution in [3.63, 3.8) is 0 Å². The Balaban J connectivity index is 2.36. The first kappa shape index (κ1) is 12.5. The van der Waals surface area contributed by atoms with Gasteiger partial charge >= 0.3 is 6.03 Å². The smallest absolute Gasteiger partial charge is 0.326 e. The van der Waals surface area contributed by atoms with Crippen LogP contribution in [0.15, 0.2) is 0 Å². The maximum Gasteiger partial charge on any atom is 0.326 e. The third-order valence-corrected chi connectivity index (χ3v) is 2.50. The molecule has 0 aromatic heterocycles. The third-order valence-electron chi connectivity index (χ3n) is 2.50. The van der Waals surface area contributed by atoms with Gasteiger partial charge in [-0.25, -0.2) is 4.79 Å². The summed E-state index contributed by atoms with van der Waals surface area (Å²) in [7, 11) is 4.95. The number of rotatable bonds is 4. The van der Waals surface area contributed by atoms with Crippen molar-refractivity contribution in [1.82, 2.24) is 14.7 Å². The second-order valence-corrected chi connectivity index (χ2v) is 4.08. The average Bonchev–Trinajstić information content (AvgIpc) is 2.44. The Bertz CT molecular complexity index is 314. The zero-order valence-corrected chi connectivity index (χ0v) is 9.89. The third kappa shape index (κ3) is 2.71. The second-order valence-electron chi connectivity index (χ2n) is 4.08. The fraction of sp³-hybridized carbons (Fsp3) is 0.700. The SMILES string of the molecule is CN(C)C(=O)CCCN1C(=O)CN(C)C1=O. The van der Waals surface area contributed by atoms with Gasteiger partial charge in [0, 0.05) is 34.1 Å². The van der Waals surface area contributed by atoms with Crippen LogP contribution in [0.2, 0.25) is 0 Å². The van der Waals surface area contributed by atoms with Crippen molar-refractivity contribution in [1.29, 1.82) is 0 Å². The van der Waals surface area contributed by atoms with E-state index in [4.69, 9.17) is 0 Å². The van der Waals surface area contributed by atoms with Crippen LogP contribution >= 0.6 is 0 Å². The fourth-order valence-electron chi connectivity index (χ4n) is 1.50. The van der Waals surface area contributed by atoms with Crippen LogP contribution in [0.4, 0.5) is 4.79 Å². The minimum Gasteiger partial charge on any atom is -0.349 e. The summed E-state index contributed by atoms with van der Waals surface area (Å²) in [6.45, 7) is 0.460. The molecule has 1 rings (SSSR count). The molecular weight excluding hydrogens is 210 g/mol. The van der Waals surface area contributed by atoms with Gasteiger partial charge in [-0.05, 0) is 6.42 Å². The van der Waals surface area contributed by atoms with Crippen molar-refractivity contribution < 1.29 is 14.4 Å². The minimum absolute atomic E-state index is 0.00690. The zero-order valence-electron chi connectivity index (χ0n) is 9.89. The Morgan fingerprint density at radius 2 is 2.00 bits per heavy atom. The van der Waals surface area contributed by atoms with E-state index in [2.05, 4.69) is 0 Å². The highest BCUT2D eigenvalue weighted by atomic mass is 16.2. The Labute approximate surface area is 94.8 Å². The van der Waals surface area contributed by atoms with Crippen LogP contribution in [0.1, 0.15) is 12.8 Å². The van der Waals surface area contributed by atoms with E-state index in [0.29, 0.717) is 19.4 Å². The number of imide groups is 1. The molecule has 0 spiro atoms. The molecule has 6 heteroatoms. The molecule has 0 unspecified atom stereocenters. The summed E-state index contributed by atoms with van der Waals surface area (Å²) in [6.07, 6.45) is 0.871. The molecule has 1 aliphatic heterocycles. The topological polar surface area (TPSA) is 60.9 Å². The van der Waals surface area contributed by atoms with Gasteiger partial charge in [0.2, 0.25) is 11.8 Å².